The van der Waals surface area contributed by atoms with Crippen molar-refractivity contribution >= 4 is 28.7 Å². The molecule has 0 spiro atoms. The topological polar surface area (TPSA) is 62.6 Å². The Morgan fingerprint density at radius 1 is 1.27 bits per heavy atom. The lowest BCUT2D eigenvalue weighted by molar-refractivity contribution is 0.415. The van der Waals surface area contributed by atoms with Crippen molar-refractivity contribution in [3.63, 3.8) is 0 Å². The first-order valence-electron chi connectivity index (χ1n) is 6.60. The fourth-order valence-electron chi connectivity index (χ4n) is 1.69. The average Bonchev–Trinajstić information content (AvgIpc) is 2.56. The molecule has 0 bridgehead atoms. The van der Waals surface area contributed by atoms with Gasteiger partial charge in [0.05, 0.1) is 19.0 Å². The molecule has 0 aliphatic carbocycles. The third-order valence-corrected chi connectivity index (χ3v) is 3.24. The van der Waals surface area contributed by atoms with Gasteiger partial charge in [0.25, 0.3) is 0 Å². The zero-order chi connectivity index (χ0) is 15.9. The van der Waals surface area contributed by atoms with E-state index < -0.39 is 0 Å². The summed E-state index contributed by atoms with van der Waals surface area (Å²) in [7, 11) is 3.41. The fourth-order valence-corrected chi connectivity index (χ4v) is 1.84. The summed E-state index contributed by atoms with van der Waals surface area (Å²) in [5.74, 6) is 0.793. The van der Waals surface area contributed by atoms with Gasteiger partial charge in [-0.05, 0) is 43.4 Å². The molecule has 114 valence electrons. The van der Waals surface area contributed by atoms with Crippen LogP contribution in [0, 0.1) is 0 Å². The molecule has 0 fully saturated rings. The van der Waals surface area contributed by atoms with Crippen LogP contribution in [-0.4, -0.2) is 40.0 Å². The Bertz CT molecular complexity index is 657. The average molecular weight is 315 g/mol. The van der Waals surface area contributed by atoms with Crippen LogP contribution in [0.5, 0.6) is 5.75 Å². The zero-order valence-corrected chi connectivity index (χ0v) is 13.5. The van der Waals surface area contributed by atoms with Gasteiger partial charge < -0.3 is 10.1 Å². The van der Waals surface area contributed by atoms with E-state index in [1.165, 1.54) is 0 Å². The maximum Gasteiger partial charge on any atom is 0.193 e. The summed E-state index contributed by atoms with van der Waals surface area (Å²) in [5, 5.41) is 9.57. The van der Waals surface area contributed by atoms with Gasteiger partial charge in [0.2, 0.25) is 0 Å². The van der Waals surface area contributed by atoms with E-state index in [2.05, 4.69) is 20.4 Å². The van der Waals surface area contributed by atoms with E-state index in [1.54, 1.807) is 37.8 Å². The highest BCUT2D eigenvalue weighted by atomic mass is 32.1. The molecule has 1 aromatic carbocycles. The van der Waals surface area contributed by atoms with Crippen LogP contribution in [-0.2, 0) is 0 Å². The predicted molar refractivity (Wildman–Crippen MR) is 91.2 cm³/mol. The van der Waals surface area contributed by atoms with Gasteiger partial charge in [-0.3, -0.25) is 9.97 Å². The third kappa shape index (κ3) is 4.23. The minimum Gasteiger partial charge on any atom is -0.497 e. The van der Waals surface area contributed by atoms with Crippen molar-refractivity contribution in [1.82, 2.24) is 15.0 Å². The highest BCUT2D eigenvalue weighted by Gasteiger charge is 2.06. The standard InChI is InChI=1S/C15H17N5OS/c1-11(14-10-16-8-9-17-14)19-20(2)15(22)18-12-4-6-13(21-3)7-5-12/h4-10H,1-3H3,(H,18,22)/b19-11-. The summed E-state index contributed by atoms with van der Waals surface area (Å²) in [6.07, 6.45) is 4.91. The SMILES string of the molecule is COc1ccc(NC(=S)N(C)/N=C(/C)c2cnccn2)cc1. The minimum atomic E-state index is 0.480. The van der Waals surface area contributed by atoms with Crippen LogP contribution >= 0.6 is 12.2 Å². The highest BCUT2D eigenvalue weighted by Crippen LogP contribution is 2.15. The Morgan fingerprint density at radius 2 is 2.00 bits per heavy atom. The predicted octanol–water partition coefficient (Wildman–Crippen LogP) is 2.54. The largest absolute Gasteiger partial charge is 0.497 e. The molecule has 1 aromatic heterocycles. The number of methoxy groups -OCH3 is 1. The summed E-state index contributed by atoms with van der Waals surface area (Å²) in [5.41, 5.74) is 2.31. The van der Waals surface area contributed by atoms with Crippen LogP contribution in [0.15, 0.2) is 48.0 Å². The van der Waals surface area contributed by atoms with Crippen molar-refractivity contribution in [3.05, 3.63) is 48.5 Å². The van der Waals surface area contributed by atoms with E-state index in [9.17, 15) is 0 Å². The molecule has 7 heteroatoms. The molecule has 1 N–H and O–H groups in total. The van der Waals surface area contributed by atoms with Crippen LogP contribution in [0.1, 0.15) is 12.6 Å². The first kappa shape index (κ1) is 15.8. The number of hydrazone groups is 1. The normalized spacial score (nSPS) is 11.0. The molecule has 0 aliphatic rings. The number of rotatable bonds is 4. The Kier molecular flexibility index (Phi) is 5.37. The summed E-state index contributed by atoms with van der Waals surface area (Å²) in [4.78, 5) is 8.22. The van der Waals surface area contributed by atoms with Crippen LogP contribution in [0.4, 0.5) is 5.69 Å². The molecule has 0 atom stereocenters. The van der Waals surface area contributed by atoms with Gasteiger partial charge in [-0.2, -0.15) is 5.10 Å². The maximum absolute atomic E-state index is 5.33. The quantitative estimate of drug-likeness (QED) is 0.531. The van der Waals surface area contributed by atoms with E-state index in [4.69, 9.17) is 17.0 Å². The summed E-state index contributed by atoms with van der Waals surface area (Å²) in [6, 6.07) is 7.49. The van der Waals surface area contributed by atoms with E-state index in [-0.39, 0.29) is 0 Å². The van der Waals surface area contributed by atoms with Gasteiger partial charge in [0.15, 0.2) is 5.11 Å². The maximum atomic E-state index is 5.33. The minimum absolute atomic E-state index is 0.480. The molecule has 0 saturated carbocycles. The van der Waals surface area contributed by atoms with Gasteiger partial charge in [-0.15, -0.1) is 0 Å². The highest BCUT2D eigenvalue weighted by molar-refractivity contribution is 7.80. The summed E-state index contributed by atoms with van der Waals surface area (Å²) < 4.78 is 5.12. The van der Waals surface area contributed by atoms with Crippen molar-refractivity contribution < 1.29 is 4.74 Å². The first-order chi connectivity index (χ1) is 10.6. The van der Waals surface area contributed by atoms with Gasteiger partial charge in [0.1, 0.15) is 11.4 Å². The van der Waals surface area contributed by atoms with Gasteiger partial charge in [0, 0.05) is 25.1 Å². The van der Waals surface area contributed by atoms with Gasteiger partial charge in [-0.1, -0.05) is 0 Å². The second-order valence-corrected chi connectivity index (χ2v) is 4.85. The first-order valence-corrected chi connectivity index (χ1v) is 7.01. The molecule has 0 saturated heterocycles. The van der Waals surface area contributed by atoms with E-state index >= 15 is 0 Å². The molecule has 2 rings (SSSR count). The fraction of sp³-hybridized carbons (Fsp3) is 0.200. The lowest BCUT2D eigenvalue weighted by atomic mass is 10.3. The van der Waals surface area contributed by atoms with Crippen LogP contribution in [0.2, 0.25) is 0 Å². The number of anilines is 1. The number of thiocarbonyl (C=S) groups is 1. The summed E-state index contributed by atoms with van der Waals surface area (Å²) in [6.45, 7) is 1.86. The molecule has 0 unspecified atom stereocenters. The number of ether oxygens (including phenoxy) is 1. The van der Waals surface area contributed by atoms with Crippen molar-refractivity contribution in [2.24, 2.45) is 5.10 Å². The second kappa shape index (κ2) is 7.46. The number of hydrogen-bond acceptors (Lipinski definition) is 5. The molecule has 1 heterocycles. The molecular formula is C15H17N5OS. The molecule has 0 radical (unpaired) electrons. The Hall–Kier alpha value is -2.54. The van der Waals surface area contributed by atoms with Gasteiger partial charge in [-0.25, -0.2) is 5.01 Å². The Morgan fingerprint density at radius 3 is 2.59 bits per heavy atom. The Labute approximate surface area is 134 Å². The number of benzene rings is 1. The van der Waals surface area contributed by atoms with Crippen molar-refractivity contribution in [1.29, 1.82) is 0 Å². The number of nitrogens with zero attached hydrogens (tertiary/aromatic N) is 4. The van der Waals surface area contributed by atoms with Gasteiger partial charge >= 0.3 is 0 Å². The molecule has 2 aromatic rings. The van der Waals surface area contributed by atoms with Crippen LogP contribution in [0.25, 0.3) is 0 Å². The van der Waals surface area contributed by atoms with E-state index in [0.29, 0.717) is 10.8 Å². The third-order valence-electron chi connectivity index (χ3n) is 2.87. The number of nitrogens with one attached hydrogen (secondary N) is 1. The van der Waals surface area contributed by atoms with E-state index in [1.807, 2.05) is 31.2 Å². The molecule has 0 aliphatic heterocycles. The van der Waals surface area contributed by atoms with E-state index in [0.717, 1.165) is 17.1 Å². The molecular weight excluding hydrogens is 298 g/mol. The second-order valence-electron chi connectivity index (χ2n) is 4.46. The monoisotopic (exact) mass is 315 g/mol. The molecule has 6 nitrogen and oxygen atoms in total. The van der Waals surface area contributed by atoms with Crippen molar-refractivity contribution in [3.8, 4) is 5.75 Å². The van der Waals surface area contributed by atoms with Crippen molar-refractivity contribution in [2.45, 2.75) is 6.92 Å². The number of aromatic nitrogens is 2. The molecule has 22 heavy (non-hydrogen) atoms. The smallest absolute Gasteiger partial charge is 0.193 e. The lowest BCUT2D eigenvalue weighted by Gasteiger charge is -2.17. The number of hydrogen-bond donors (Lipinski definition) is 1. The Balaban J connectivity index is 2.02. The van der Waals surface area contributed by atoms with Crippen molar-refractivity contribution in [2.75, 3.05) is 19.5 Å². The van der Waals surface area contributed by atoms with Crippen LogP contribution in [0.3, 0.4) is 0 Å². The lowest BCUT2D eigenvalue weighted by Crippen LogP contribution is -2.27. The summed E-state index contributed by atoms with van der Waals surface area (Å²) >= 11 is 5.33. The molecule has 0 amide bonds. The zero-order valence-electron chi connectivity index (χ0n) is 12.6. The van der Waals surface area contributed by atoms with Crippen LogP contribution < -0.4 is 10.1 Å².